The number of hydrogen-bond donors (Lipinski definition) is 0. The Morgan fingerprint density at radius 2 is 2.07 bits per heavy atom. The average molecular weight is 210 g/mol. The van der Waals surface area contributed by atoms with Crippen LogP contribution in [0.4, 0.5) is 0 Å². The highest BCUT2D eigenvalue weighted by Crippen LogP contribution is 2.22. The molecule has 1 aromatic rings. The molecular formula is C13H18Cl. The van der Waals surface area contributed by atoms with Gasteiger partial charge >= 0.3 is 0 Å². The lowest BCUT2D eigenvalue weighted by Gasteiger charge is -2.09. The summed E-state index contributed by atoms with van der Waals surface area (Å²) in [5, 5.41) is 0.837. The van der Waals surface area contributed by atoms with Gasteiger partial charge in [0.1, 0.15) is 0 Å². The predicted octanol–water partition coefficient (Wildman–Crippen LogP) is 4.62. The maximum absolute atomic E-state index is 6.05. The second-order valence-corrected chi connectivity index (χ2v) is 4.33. The largest absolute Gasteiger partial charge is 0.0843 e. The van der Waals surface area contributed by atoms with Crippen LogP contribution in [0, 0.1) is 6.92 Å². The van der Waals surface area contributed by atoms with Gasteiger partial charge in [0.05, 0.1) is 0 Å². The van der Waals surface area contributed by atoms with Gasteiger partial charge in [0.25, 0.3) is 0 Å². The molecule has 0 nitrogen and oxygen atoms in total. The normalized spacial score (nSPS) is 10.9. The van der Waals surface area contributed by atoms with E-state index >= 15 is 0 Å². The molecule has 1 unspecified atom stereocenters. The Morgan fingerprint density at radius 1 is 1.36 bits per heavy atom. The number of unbranched alkanes of at least 4 members (excludes halogenated alkanes) is 1. The summed E-state index contributed by atoms with van der Waals surface area (Å²) in [6, 6.07) is 6.29. The molecule has 0 saturated carbocycles. The summed E-state index contributed by atoms with van der Waals surface area (Å²) in [6.45, 7) is 8.31. The highest BCUT2D eigenvalue weighted by atomic mass is 35.5. The molecule has 0 bridgehead atoms. The molecule has 1 heteroatoms. The average Bonchev–Trinajstić information content (AvgIpc) is 2.14. The molecule has 0 spiro atoms. The van der Waals surface area contributed by atoms with Crippen LogP contribution in [0.3, 0.4) is 0 Å². The van der Waals surface area contributed by atoms with Crippen LogP contribution in [0.5, 0.6) is 0 Å². The fraction of sp³-hybridized carbons (Fsp3) is 0.462. The van der Waals surface area contributed by atoms with Gasteiger partial charge in [-0.25, -0.2) is 0 Å². The van der Waals surface area contributed by atoms with E-state index in [1.165, 1.54) is 24.0 Å². The topological polar surface area (TPSA) is 0 Å². The molecule has 1 radical (unpaired) electrons. The molecule has 1 aromatic carbocycles. The number of hydrogen-bond acceptors (Lipinski definition) is 0. The zero-order chi connectivity index (χ0) is 10.6. The van der Waals surface area contributed by atoms with Gasteiger partial charge in [-0.1, -0.05) is 37.9 Å². The Labute approximate surface area is 92.3 Å². The summed E-state index contributed by atoms with van der Waals surface area (Å²) in [6.07, 6.45) is 3.57. The number of halogens is 1. The molecular weight excluding hydrogens is 192 g/mol. The fourth-order valence-electron chi connectivity index (χ4n) is 1.49. The Balaban J connectivity index is 2.84. The van der Waals surface area contributed by atoms with Crippen molar-refractivity contribution in [2.45, 2.75) is 39.0 Å². The number of rotatable bonds is 4. The van der Waals surface area contributed by atoms with Gasteiger partial charge in [0, 0.05) is 5.02 Å². The third kappa shape index (κ3) is 3.34. The summed E-state index contributed by atoms with van der Waals surface area (Å²) < 4.78 is 0. The van der Waals surface area contributed by atoms with Crippen molar-refractivity contribution in [1.29, 1.82) is 0 Å². The van der Waals surface area contributed by atoms with Gasteiger partial charge in [0.2, 0.25) is 0 Å². The molecule has 0 amide bonds. The first-order valence-corrected chi connectivity index (χ1v) is 5.63. The van der Waals surface area contributed by atoms with E-state index in [1.807, 2.05) is 6.07 Å². The van der Waals surface area contributed by atoms with Gasteiger partial charge in [0.15, 0.2) is 0 Å². The lowest BCUT2D eigenvalue weighted by atomic mass is 9.99. The molecule has 1 atom stereocenters. The molecule has 0 N–H and O–H groups in total. The van der Waals surface area contributed by atoms with Crippen molar-refractivity contribution >= 4 is 11.6 Å². The van der Waals surface area contributed by atoms with Gasteiger partial charge in [-0.05, 0) is 48.9 Å². The van der Waals surface area contributed by atoms with Crippen LogP contribution in [-0.2, 0) is 6.42 Å². The molecule has 14 heavy (non-hydrogen) atoms. The van der Waals surface area contributed by atoms with E-state index in [1.54, 1.807) is 0 Å². The molecule has 0 fully saturated rings. The third-order valence-electron chi connectivity index (χ3n) is 2.37. The SMILES string of the molecule is [CH2]C(C)c1cc(Cl)cc(CCCC)c1. The number of aryl methyl sites for hydroxylation is 1. The zero-order valence-electron chi connectivity index (χ0n) is 9.02. The van der Waals surface area contributed by atoms with Crippen LogP contribution in [0.15, 0.2) is 18.2 Å². The molecule has 1 rings (SSSR count). The molecule has 0 aliphatic rings. The van der Waals surface area contributed by atoms with Crippen molar-refractivity contribution in [2.24, 2.45) is 0 Å². The van der Waals surface area contributed by atoms with Crippen LogP contribution >= 0.6 is 11.6 Å². The maximum Gasteiger partial charge on any atom is 0.0411 e. The van der Waals surface area contributed by atoms with E-state index in [-0.39, 0.29) is 0 Å². The van der Waals surface area contributed by atoms with Gasteiger partial charge in [-0.3, -0.25) is 0 Å². The van der Waals surface area contributed by atoms with E-state index < -0.39 is 0 Å². The highest BCUT2D eigenvalue weighted by molar-refractivity contribution is 6.30. The van der Waals surface area contributed by atoms with Crippen molar-refractivity contribution in [2.75, 3.05) is 0 Å². The van der Waals surface area contributed by atoms with E-state index in [0.717, 1.165) is 11.4 Å². The second kappa shape index (κ2) is 5.41. The van der Waals surface area contributed by atoms with Crippen LogP contribution in [0.1, 0.15) is 43.7 Å². The van der Waals surface area contributed by atoms with Crippen molar-refractivity contribution in [1.82, 2.24) is 0 Å². The number of benzene rings is 1. The van der Waals surface area contributed by atoms with Crippen LogP contribution < -0.4 is 0 Å². The van der Waals surface area contributed by atoms with E-state index in [0.29, 0.717) is 5.92 Å². The Morgan fingerprint density at radius 3 is 2.64 bits per heavy atom. The van der Waals surface area contributed by atoms with Gasteiger partial charge in [-0.2, -0.15) is 0 Å². The van der Waals surface area contributed by atoms with Gasteiger partial charge in [-0.15, -0.1) is 0 Å². The maximum atomic E-state index is 6.05. The lowest BCUT2D eigenvalue weighted by molar-refractivity contribution is 0.792. The molecule has 0 aliphatic carbocycles. The standard InChI is InChI=1S/C13H18Cl/c1-4-5-6-11-7-12(10(2)3)9-13(14)8-11/h7-10H,2,4-6H2,1,3H3. The van der Waals surface area contributed by atoms with Crippen molar-refractivity contribution in [3.8, 4) is 0 Å². The zero-order valence-corrected chi connectivity index (χ0v) is 9.77. The van der Waals surface area contributed by atoms with E-state index in [2.05, 4.69) is 32.9 Å². The first-order chi connectivity index (χ1) is 6.63. The first kappa shape index (κ1) is 11.6. The minimum Gasteiger partial charge on any atom is -0.0843 e. The minimum absolute atomic E-state index is 0.314. The van der Waals surface area contributed by atoms with Gasteiger partial charge < -0.3 is 0 Å². The monoisotopic (exact) mass is 209 g/mol. The summed E-state index contributed by atoms with van der Waals surface area (Å²) in [4.78, 5) is 0. The second-order valence-electron chi connectivity index (χ2n) is 3.90. The Bertz CT molecular complexity index is 289. The Kier molecular flexibility index (Phi) is 4.47. The molecule has 0 aliphatic heterocycles. The molecule has 0 heterocycles. The van der Waals surface area contributed by atoms with Crippen molar-refractivity contribution in [3.63, 3.8) is 0 Å². The molecule has 0 saturated heterocycles. The fourth-order valence-corrected chi connectivity index (χ4v) is 1.75. The quantitative estimate of drug-likeness (QED) is 0.679. The minimum atomic E-state index is 0.314. The smallest absolute Gasteiger partial charge is 0.0411 e. The van der Waals surface area contributed by atoms with Crippen LogP contribution in [-0.4, -0.2) is 0 Å². The summed E-state index contributed by atoms with van der Waals surface area (Å²) >= 11 is 6.05. The third-order valence-corrected chi connectivity index (χ3v) is 2.59. The highest BCUT2D eigenvalue weighted by Gasteiger charge is 2.03. The van der Waals surface area contributed by atoms with Crippen molar-refractivity contribution < 1.29 is 0 Å². The first-order valence-electron chi connectivity index (χ1n) is 5.26. The van der Waals surface area contributed by atoms with Crippen molar-refractivity contribution in [3.05, 3.63) is 41.3 Å². The van der Waals surface area contributed by atoms with Crippen LogP contribution in [0.2, 0.25) is 5.02 Å². The molecule has 77 valence electrons. The summed E-state index contributed by atoms with van der Waals surface area (Å²) in [5.41, 5.74) is 2.58. The molecule has 0 aromatic heterocycles. The Hall–Kier alpha value is -0.490. The summed E-state index contributed by atoms with van der Waals surface area (Å²) in [7, 11) is 0. The van der Waals surface area contributed by atoms with E-state index in [9.17, 15) is 0 Å². The predicted molar refractivity (Wildman–Crippen MR) is 63.8 cm³/mol. The summed E-state index contributed by atoms with van der Waals surface area (Å²) in [5.74, 6) is 0.314. The van der Waals surface area contributed by atoms with Crippen LogP contribution in [0.25, 0.3) is 0 Å². The van der Waals surface area contributed by atoms with E-state index in [4.69, 9.17) is 11.6 Å². The lowest BCUT2D eigenvalue weighted by Crippen LogP contribution is -1.92.